The molecule has 2 nitrogen and oxygen atoms in total. The zero-order valence-electron chi connectivity index (χ0n) is 8.21. The van der Waals surface area contributed by atoms with Crippen LogP contribution in [0.2, 0.25) is 0 Å². The first-order valence-electron chi connectivity index (χ1n) is 5.08. The highest BCUT2D eigenvalue weighted by molar-refractivity contribution is 5.95. The Labute approximate surface area is 88.6 Å². The van der Waals surface area contributed by atoms with Gasteiger partial charge in [-0.2, -0.15) is 0 Å². The molecule has 0 saturated carbocycles. The lowest BCUT2D eigenvalue weighted by Crippen LogP contribution is -2.19. The third-order valence-electron chi connectivity index (χ3n) is 2.59. The van der Waals surface area contributed by atoms with Gasteiger partial charge in [-0.05, 0) is 18.2 Å². The highest BCUT2D eigenvalue weighted by atomic mass is 16.5. The molecule has 1 aliphatic heterocycles. The van der Waals surface area contributed by atoms with E-state index >= 15 is 0 Å². The first kappa shape index (κ1) is 8.48. The predicted molar refractivity (Wildman–Crippen MR) is 59.9 cm³/mol. The van der Waals surface area contributed by atoms with Gasteiger partial charge in [0.2, 0.25) is 5.90 Å². The Bertz CT molecular complexity index is 445. The molecule has 2 atom stereocenters. The number of hydrogen-bond donors (Lipinski definition) is 0. The fourth-order valence-electron chi connectivity index (χ4n) is 1.82. The van der Waals surface area contributed by atoms with E-state index < -0.39 is 0 Å². The number of allylic oxidation sites excluding steroid dienone is 2. The molecule has 0 fully saturated rings. The molecule has 15 heavy (non-hydrogen) atoms. The highest BCUT2D eigenvalue weighted by Crippen LogP contribution is 2.22. The number of ether oxygens (including phenoxy) is 1. The zero-order chi connectivity index (χ0) is 10.1. The largest absolute Gasteiger partial charge is 0.467 e. The smallest absolute Gasteiger partial charge is 0.217 e. The maximum absolute atomic E-state index is 5.76. The summed E-state index contributed by atoms with van der Waals surface area (Å²) in [5.41, 5.74) is 1.05. The van der Waals surface area contributed by atoms with Crippen molar-refractivity contribution in [2.24, 2.45) is 4.99 Å². The molecule has 0 bridgehead atoms. The van der Waals surface area contributed by atoms with Crippen molar-refractivity contribution in [1.82, 2.24) is 0 Å². The minimum absolute atomic E-state index is 0.0882. The number of hydrogen-bond acceptors (Lipinski definition) is 2. The van der Waals surface area contributed by atoms with Gasteiger partial charge in [-0.1, -0.05) is 36.4 Å². The molecule has 2 aliphatic rings. The molecule has 1 aromatic rings. The van der Waals surface area contributed by atoms with Crippen molar-refractivity contribution in [3.05, 3.63) is 60.2 Å². The second-order valence-corrected chi connectivity index (χ2v) is 3.64. The molecule has 3 rings (SSSR count). The van der Waals surface area contributed by atoms with E-state index in [1.165, 1.54) is 0 Å². The molecule has 74 valence electrons. The van der Waals surface area contributed by atoms with Gasteiger partial charge in [0, 0.05) is 5.56 Å². The summed E-state index contributed by atoms with van der Waals surface area (Å²) in [6.07, 6.45) is 8.22. The van der Waals surface area contributed by atoms with E-state index in [1.807, 2.05) is 48.6 Å². The van der Waals surface area contributed by atoms with Crippen LogP contribution in [-0.4, -0.2) is 18.0 Å². The second kappa shape index (κ2) is 3.39. The highest BCUT2D eigenvalue weighted by Gasteiger charge is 2.28. The standard InChI is InChI=1S/C13H11NO/c1-2-6-10(7-3-1)13-14-11-8-4-5-9-12(11)15-13/h1-9,11-12H. The molecule has 1 heterocycles. The van der Waals surface area contributed by atoms with Crippen molar-refractivity contribution in [2.75, 3.05) is 0 Å². The minimum atomic E-state index is 0.0882. The maximum atomic E-state index is 5.76. The molecule has 1 aromatic carbocycles. The van der Waals surface area contributed by atoms with Crippen molar-refractivity contribution >= 4 is 5.90 Å². The van der Waals surface area contributed by atoms with Gasteiger partial charge in [-0.15, -0.1) is 0 Å². The average molecular weight is 197 g/mol. The first-order chi connectivity index (χ1) is 7.43. The van der Waals surface area contributed by atoms with Gasteiger partial charge in [0.1, 0.15) is 12.1 Å². The van der Waals surface area contributed by atoms with Gasteiger partial charge in [0.25, 0.3) is 0 Å². The zero-order valence-corrected chi connectivity index (χ0v) is 8.21. The quantitative estimate of drug-likeness (QED) is 0.677. The molecule has 0 aromatic heterocycles. The number of benzene rings is 1. The Balaban J connectivity index is 1.91. The van der Waals surface area contributed by atoms with Crippen LogP contribution in [-0.2, 0) is 4.74 Å². The molecule has 0 radical (unpaired) electrons. The van der Waals surface area contributed by atoms with Crippen molar-refractivity contribution in [3.8, 4) is 0 Å². The lowest BCUT2D eigenvalue weighted by atomic mass is 10.1. The summed E-state index contributed by atoms with van der Waals surface area (Å²) < 4.78 is 5.76. The van der Waals surface area contributed by atoms with Crippen molar-refractivity contribution in [2.45, 2.75) is 12.1 Å². The Morgan fingerprint density at radius 2 is 1.80 bits per heavy atom. The van der Waals surface area contributed by atoms with Gasteiger partial charge in [-0.25, -0.2) is 4.99 Å². The van der Waals surface area contributed by atoms with Crippen LogP contribution in [0.15, 0.2) is 59.6 Å². The van der Waals surface area contributed by atoms with E-state index in [9.17, 15) is 0 Å². The van der Waals surface area contributed by atoms with Crippen LogP contribution in [0, 0.1) is 0 Å². The third kappa shape index (κ3) is 1.48. The Hall–Kier alpha value is -1.83. The lowest BCUT2D eigenvalue weighted by molar-refractivity contribution is 0.255. The molecule has 0 saturated heterocycles. The minimum Gasteiger partial charge on any atom is -0.467 e. The number of nitrogens with zero attached hydrogens (tertiary/aromatic N) is 1. The number of fused-ring (bicyclic) bond motifs is 1. The molecule has 2 heteroatoms. The fraction of sp³-hybridized carbons (Fsp3) is 0.154. The van der Waals surface area contributed by atoms with Crippen LogP contribution >= 0.6 is 0 Å². The van der Waals surface area contributed by atoms with Crippen molar-refractivity contribution in [3.63, 3.8) is 0 Å². The van der Waals surface area contributed by atoms with Crippen molar-refractivity contribution in [1.29, 1.82) is 0 Å². The summed E-state index contributed by atoms with van der Waals surface area (Å²) in [5, 5.41) is 0. The van der Waals surface area contributed by atoms with Crippen LogP contribution in [0.25, 0.3) is 0 Å². The van der Waals surface area contributed by atoms with Crippen molar-refractivity contribution < 1.29 is 4.74 Å². The molecule has 1 aliphatic carbocycles. The molecule has 2 unspecified atom stereocenters. The molecule has 0 spiro atoms. The normalized spacial score (nSPS) is 27.1. The summed E-state index contributed by atoms with van der Waals surface area (Å²) in [7, 11) is 0. The molecule has 0 amide bonds. The van der Waals surface area contributed by atoms with Gasteiger partial charge in [0.15, 0.2) is 0 Å². The van der Waals surface area contributed by atoms with E-state index in [0.29, 0.717) is 0 Å². The maximum Gasteiger partial charge on any atom is 0.217 e. The number of aliphatic imine (C=N–C) groups is 1. The van der Waals surface area contributed by atoms with Crippen LogP contribution in [0.5, 0.6) is 0 Å². The van der Waals surface area contributed by atoms with E-state index in [2.05, 4.69) is 11.1 Å². The van der Waals surface area contributed by atoms with Crippen LogP contribution in [0.1, 0.15) is 5.56 Å². The van der Waals surface area contributed by atoms with E-state index in [4.69, 9.17) is 4.74 Å². The Morgan fingerprint density at radius 1 is 1.00 bits per heavy atom. The summed E-state index contributed by atoms with van der Waals surface area (Å²) in [6, 6.07) is 10.2. The topological polar surface area (TPSA) is 21.6 Å². The fourth-order valence-corrected chi connectivity index (χ4v) is 1.82. The summed E-state index contributed by atoms with van der Waals surface area (Å²) in [5.74, 6) is 0.752. The predicted octanol–water partition coefficient (Wildman–Crippen LogP) is 2.33. The Morgan fingerprint density at radius 3 is 2.60 bits per heavy atom. The summed E-state index contributed by atoms with van der Waals surface area (Å²) >= 11 is 0. The molecule has 0 N–H and O–H groups in total. The van der Waals surface area contributed by atoms with E-state index in [1.54, 1.807) is 0 Å². The van der Waals surface area contributed by atoms with Gasteiger partial charge in [-0.3, -0.25) is 0 Å². The average Bonchev–Trinajstić information content (AvgIpc) is 2.74. The van der Waals surface area contributed by atoms with Gasteiger partial charge < -0.3 is 4.74 Å². The van der Waals surface area contributed by atoms with E-state index in [0.717, 1.165) is 11.5 Å². The van der Waals surface area contributed by atoms with Gasteiger partial charge in [0.05, 0.1) is 0 Å². The summed E-state index contributed by atoms with van der Waals surface area (Å²) in [4.78, 5) is 4.54. The van der Waals surface area contributed by atoms with Crippen LogP contribution < -0.4 is 0 Å². The Kier molecular flexibility index (Phi) is 1.91. The van der Waals surface area contributed by atoms with Crippen LogP contribution in [0.3, 0.4) is 0 Å². The van der Waals surface area contributed by atoms with E-state index in [-0.39, 0.29) is 12.1 Å². The molecular weight excluding hydrogens is 186 g/mol. The third-order valence-corrected chi connectivity index (χ3v) is 2.59. The lowest BCUT2D eigenvalue weighted by Gasteiger charge is -2.12. The first-order valence-corrected chi connectivity index (χ1v) is 5.08. The second-order valence-electron chi connectivity index (χ2n) is 3.64. The van der Waals surface area contributed by atoms with Gasteiger partial charge >= 0.3 is 0 Å². The number of rotatable bonds is 1. The molecular formula is C13H11NO. The van der Waals surface area contributed by atoms with Crippen LogP contribution in [0.4, 0.5) is 0 Å². The monoisotopic (exact) mass is 197 g/mol. The SMILES string of the molecule is C1=CC2N=C(c3ccccc3)OC2C=C1. The summed E-state index contributed by atoms with van der Waals surface area (Å²) in [6.45, 7) is 0.